The summed E-state index contributed by atoms with van der Waals surface area (Å²) in [7, 11) is 0. The fourth-order valence-corrected chi connectivity index (χ4v) is 4.31. The van der Waals surface area contributed by atoms with Gasteiger partial charge in [0.1, 0.15) is 0 Å². The highest BCUT2D eigenvalue weighted by Gasteiger charge is 2.32. The molecule has 1 amide bonds. The molecule has 1 saturated heterocycles. The van der Waals surface area contributed by atoms with Crippen molar-refractivity contribution in [1.29, 1.82) is 0 Å². The first-order valence-corrected chi connectivity index (χ1v) is 9.40. The zero-order valence-corrected chi connectivity index (χ0v) is 14.4. The summed E-state index contributed by atoms with van der Waals surface area (Å²) < 4.78 is 0. The number of nitrogens with two attached hydrogens (primary N) is 1. The average Bonchev–Trinajstić information content (AvgIpc) is 2.56. The minimum atomic E-state index is 0.0827. The predicted molar refractivity (Wildman–Crippen MR) is 91.7 cm³/mol. The Morgan fingerprint density at radius 3 is 2.68 bits per heavy atom. The van der Waals surface area contributed by atoms with E-state index in [4.69, 9.17) is 5.73 Å². The quantitative estimate of drug-likeness (QED) is 0.760. The maximum absolute atomic E-state index is 12.3. The highest BCUT2D eigenvalue weighted by molar-refractivity contribution is 5.76. The fraction of sp³-hybridized carbons (Fsp3) is 0.944. The lowest BCUT2D eigenvalue weighted by Gasteiger charge is -2.36. The second-order valence-corrected chi connectivity index (χ2v) is 7.39. The van der Waals surface area contributed by atoms with Crippen molar-refractivity contribution in [3.05, 3.63) is 0 Å². The van der Waals surface area contributed by atoms with Crippen LogP contribution in [0, 0.1) is 5.41 Å². The zero-order valence-electron chi connectivity index (χ0n) is 14.4. The van der Waals surface area contributed by atoms with E-state index in [1.54, 1.807) is 0 Å². The third-order valence-electron chi connectivity index (χ3n) is 5.82. The van der Waals surface area contributed by atoms with Crippen molar-refractivity contribution in [2.75, 3.05) is 26.2 Å². The lowest BCUT2D eigenvalue weighted by atomic mass is 9.71. The number of hydrogen-bond acceptors (Lipinski definition) is 3. The summed E-state index contributed by atoms with van der Waals surface area (Å²) in [6.07, 6.45) is 11.9. The number of rotatable bonds is 7. The summed E-state index contributed by atoms with van der Waals surface area (Å²) in [5.41, 5.74) is 6.06. The van der Waals surface area contributed by atoms with Crippen LogP contribution in [0.3, 0.4) is 0 Å². The van der Waals surface area contributed by atoms with Crippen molar-refractivity contribution in [1.82, 2.24) is 10.2 Å². The first-order chi connectivity index (χ1) is 10.7. The Balaban J connectivity index is 1.70. The highest BCUT2D eigenvalue weighted by Crippen LogP contribution is 2.38. The lowest BCUT2D eigenvalue weighted by molar-refractivity contribution is -0.124. The summed E-state index contributed by atoms with van der Waals surface area (Å²) in [4.78, 5) is 14.8. The molecule has 0 radical (unpaired) electrons. The number of amides is 1. The van der Waals surface area contributed by atoms with E-state index in [1.807, 2.05) is 0 Å². The van der Waals surface area contributed by atoms with Gasteiger partial charge in [-0.3, -0.25) is 9.69 Å². The van der Waals surface area contributed by atoms with Gasteiger partial charge in [0, 0.05) is 25.6 Å². The van der Waals surface area contributed by atoms with Gasteiger partial charge in [-0.05, 0) is 50.6 Å². The molecular weight excluding hydrogens is 274 g/mol. The molecular formula is C18H35N3O. The van der Waals surface area contributed by atoms with Crippen LogP contribution in [0.25, 0.3) is 0 Å². The number of piperidine rings is 1. The Morgan fingerprint density at radius 1 is 1.23 bits per heavy atom. The Morgan fingerprint density at radius 2 is 2.00 bits per heavy atom. The number of hydrogen-bond donors (Lipinski definition) is 2. The molecule has 22 heavy (non-hydrogen) atoms. The van der Waals surface area contributed by atoms with Crippen LogP contribution >= 0.6 is 0 Å². The van der Waals surface area contributed by atoms with Crippen molar-refractivity contribution in [3.8, 4) is 0 Å². The van der Waals surface area contributed by atoms with Gasteiger partial charge < -0.3 is 11.1 Å². The first kappa shape index (κ1) is 17.7. The van der Waals surface area contributed by atoms with Crippen molar-refractivity contribution in [2.24, 2.45) is 11.1 Å². The molecule has 0 aromatic heterocycles. The van der Waals surface area contributed by atoms with Gasteiger partial charge >= 0.3 is 0 Å². The van der Waals surface area contributed by atoms with Crippen LogP contribution in [0.5, 0.6) is 0 Å². The SMILES string of the molecule is CCC1CCCCN1CCNC(=O)CC1(CN)CCCCC1. The molecule has 2 fully saturated rings. The molecule has 1 saturated carbocycles. The van der Waals surface area contributed by atoms with Gasteiger partial charge in [-0.1, -0.05) is 32.6 Å². The number of nitrogens with zero attached hydrogens (tertiary/aromatic N) is 1. The van der Waals surface area contributed by atoms with Crippen molar-refractivity contribution in [2.45, 2.75) is 77.2 Å². The number of carbonyl (C=O) groups excluding carboxylic acids is 1. The smallest absolute Gasteiger partial charge is 0.220 e. The Labute approximate surface area is 136 Å². The summed E-state index contributed by atoms with van der Waals surface area (Å²) in [6.45, 7) is 5.91. The molecule has 2 aliphatic rings. The molecule has 2 rings (SSSR count). The van der Waals surface area contributed by atoms with E-state index < -0.39 is 0 Å². The molecule has 0 spiro atoms. The van der Waals surface area contributed by atoms with Crippen LogP contribution in [-0.2, 0) is 4.79 Å². The van der Waals surface area contributed by atoms with Gasteiger partial charge in [0.25, 0.3) is 0 Å². The molecule has 3 N–H and O–H groups in total. The molecule has 1 heterocycles. The number of nitrogens with one attached hydrogen (secondary N) is 1. The summed E-state index contributed by atoms with van der Waals surface area (Å²) in [6, 6.07) is 0.722. The summed E-state index contributed by atoms with van der Waals surface area (Å²) in [5.74, 6) is 0.206. The number of carbonyl (C=O) groups is 1. The average molecular weight is 309 g/mol. The zero-order chi connectivity index (χ0) is 15.8. The van der Waals surface area contributed by atoms with E-state index in [9.17, 15) is 4.79 Å². The van der Waals surface area contributed by atoms with Crippen LogP contribution in [0.15, 0.2) is 0 Å². The van der Waals surface area contributed by atoms with Gasteiger partial charge in [0.2, 0.25) is 5.91 Å². The topological polar surface area (TPSA) is 58.4 Å². The van der Waals surface area contributed by atoms with Crippen LogP contribution in [0.1, 0.15) is 71.1 Å². The maximum atomic E-state index is 12.3. The van der Waals surface area contributed by atoms with Crippen LogP contribution in [0.2, 0.25) is 0 Å². The normalized spacial score (nSPS) is 25.8. The monoisotopic (exact) mass is 309 g/mol. The van der Waals surface area contributed by atoms with Gasteiger partial charge in [0.05, 0.1) is 0 Å². The standard InChI is InChI=1S/C18H35N3O/c1-2-16-8-4-7-12-21(16)13-11-20-17(22)14-18(15-19)9-5-3-6-10-18/h16H,2-15,19H2,1H3,(H,20,22). The molecule has 4 heteroatoms. The lowest BCUT2D eigenvalue weighted by Crippen LogP contribution is -2.44. The van der Waals surface area contributed by atoms with Crippen molar-refractivity contribution in [3.63, 3.8) is 0 Å². The molecule has 1 aliphatic carbocycles. The van der Waals surface area contributed by atoms with E-state index in [0.29, 0.717) is 13.0 Å². The molecule has 128 valence electrons. The molecule has 1 unspecified atom stereocenters. The first-order valence-electron chi connectivity index (χ1n) is 9.40. The third-order valence-corrected chi connectivity index (χ3v) is 5.82. The second-order valence-electron chi connectivity index (χ2n) is 7.39. The Hall–Kier alpha value is -0.610. The van der Waals surface area contributed by atoms with E-state index in [2.05, 4.69) is 17.1 Å². The molecule has 1 aliphatic heterocycles. The van der Waals surface area contributed by atoms with Crippen LogP contribution in [-0.4, -0.2) is 43.0 Å². The van der Waals surface area contributed by atoms with Gasteiger partial charge in [0.15, 0.2) is 0 Å². The highest BCUT2D eigenvalue weighted by atomic mass is 16.1. The van der Waals surface area contributed by atoms with Crippen molar-refractivity contribution >= 4 is 5.91 Å². The van der Waals surface area contributed by atoms with Crippen LogP contribution < -0.4 is 11.1 Å². The van der Waals surface area contributed by atoms with Crippen molar-refractivity contribution < 1.29 is 4.79 Å². The Kier molecular flexibility index (Phi) is 7.16. The van der Waals surface area contributed by atoms with E-state index >= 15 is 0 Å². The summed E-state index contributed by atoms with van der Waals surface area (Å²) in [5, 5.41) is 3.14. The largest absolute Gasteiger partial charge is 0.355 e. The van der Waals surface area contributed by atoms with Crippen LogP contribution in [0.4, 0.5) is 0 Å². The van der Waals surface area contributed by atoms with Gasteiger partial charge in [-0.2, -0.15) is 0 Å². The summed E-state index contributed by atoms with van der Waals surface area (Å²) >= 11 is 0. The molecule has 0 aromatic carbocycles. The molecule has 1 atom stereocenters. The maximum Gasteiger partial charge on any atom is 0.220 e. The Bertz CT molecular complexity index is 339. The molecule has 0 aromatic rings. The minimum Gasteiger partial charge on any atom is -0.355 e. The third kappa shape index (κ3) is 4.95. The minimum absolute atomic E-state index is 0.0827. The van der Waals surface area contributed by atoms with Gasteiger partial charge in [-0.25, -0.2) is 0 Å². The second kappa shape index (κ2) is 8.88. The molecule has 0 bridgehead atoms. The van der Waals surface area contributed by atoms with E-state index in [0.717, 1.165) is 32.0 Å². The predicted octanol–water partition coefficient (Wildman–Crippen LogP) is 2.67. The number of likely N-dealkylation sites (tertiary alicyclic amines) is 1. The van der Waals surface area contributed by atoms with Gasteiger partial charge in [-0.15, -0.1) is 0 Å². The fourth-order valence-electron chi connectivity index (χ4n) is 4.31. The molecule has 4 nitrogen and oxygen atoms in total. The van der Waals surface area contributed by atoms with E-state index in [-0.39, 0.29) is 11.3 Å². The van der Waals surface area contributed by atoms with E-state index in [1.165, 1.54) is 51.5 Å².